The lowest BCUT2D eigenvalue weighted by Crippen LogP contribution is -2.54. The molecule has 2 aromatic carbocycles. The van der Waals surface area contributed by atoms with Crippen molar-refractivity contribution >= 4 is 21.5 Å². The topological polar surface area (TPSA) is 82.4 Å². The highest BCUT2D eigenvalue weighted by Crippen LogP contribution is 2.42. The normalized spacial score (nSPS) is 16.7. The molecule has 1 heterocycles. The number of ether oxygens (including phenoxy) is 1. The standard InChI is InChI=1S/C20H22F3N3O4S/c1-25(31(28,29)17-6-4-3-5-7-17)16-10-8-15(9-11-16)19(27,20(21,22)23)18-24-12-13-26(18)14-30-2/h3-11,27H,12-14H2,1-2H3. The molecule has 0 saturated carbocycles. The number of hydrogen-bond donors (Lipinski definition) is 1. The smallest absolute Gasteiger partial charge is 0.370 e. The molecule has 168 valence electrons. The molecule has 0 fully saturated rings. The minimum atomic E-state index is -5.06. The van der Waals surface area contributed by atoms with Crippen LogP contribution in [-0.2, 0) is 20.4 Å². The zero-order valence-electron chi connectivity index (χ0n) is 16.9. The van der Waals surface area contributed by atoms with E-state index < -0.39 is 33.2 Å². The molecule has 0 radical (unpaired) electrons. The first-order chi connectivity index (χ1) is 14.5. The van der Waals surface area contributed by atoms with Crippen LogP contribution in [0.4, 0.5) is 18.9 Å². The van der Waals surface area contributed by atoms with E-state index in [2.05, 4.69) is 4.99 Å². The fourth-order valence-electron chi connectivity index (χ4n) is 3.33. The van der Waals surface area contributed by atoms with Crippen LogP contribution in [-0.4, -0.2) is 64.4 Å². The zero-order chi connectivity index (χ0) is 22.9. The Morgan fingerprint density at radius 1 is 1.13 bits per heavy atom. The van der Waals surface area contributed by atoms with E-state index in [0.717, 1.165) is 16.4 Å². The van der Waals surface area contributed by atoms with Gasteiger partial charge in [-0.15, -0.1) is 0 Å². The van der Waals surface area contributed by atoms with Gasteiger partial charge < -0.3 is 14.7 Å². The number of anilines is 1. The van der Waals surface area contributed by atoms with Gasteiger partial charge in [-0.25, -0.2) is 8.42 Å². The van der Waals surface area contributed by atoms with E-state index in [0.29, 0.717) is 0 Å². The van der Waals surface area contributed by atoms with Crippen molar-refractivity contribution in [3.05, 3.63) is 60.2 Å². The van der Waals surface area contributed by atoms with Gasteiger partial charge in [0, 0.05) is 26.3 Å². The second-order valence-corrected chi connectivity index (χ2v) is 8.90. The molecule has 0 spiro atoms. The van der Waals surface area contributed by atoms with Crippen LogP contribution in [0.1, 0.15) is 5.56 Å². The maximum Gasteiger partial charge on any atom is 0.428 e. The number of benzene rings is 2. The van der Waals surface area contributed by atoms with E-state index in [-0.39, 0.29) is 30.4 Å². The van der Waals surface area contributed by atoms with Gasteiger partial charge in [0.05, 0.1) is 17.1 Å². The summed E-state index contributed by atoms with van der Waals surface area (Å²) in [6, 6.07) is 12.2. The van der Waals surface area contributed by atoms with E-state index in [1.807, 2.05) is 0 Å². The summed E-state index contributed by atoms with van der Waals surface area (Å²) in [7, 11) is -1.27. The highest BCUT2D eigenvalue weighted by molar-refractivity contribution is 7.92. The summed E-state index contributed by atoms with van der Waals surface area (Å²) >= 11 is 0. The molecule has 2 aromatic rings. The third-order valence-electron chi connectivity index (χ3n) is 5.00. The molecule has 0 aromatic heterocycles. The number of halogens is 3. The minimum Gasteiger partial charge on any atom is -0.370 e. The molecule has 0 aliphatic carbocycles. The number of amidine groups is 1. The Labute approximate surface area is 178 Å². The van der Waals surface area contributed by atoms with Crippen LogP contribution in [0.5, 0.6) is 0 Å². The average Bonchev–Trinajstić information content (AvgIpc) is 3.21. The average molecular weight is 457 g/mol. The first kappa shape index (κ1) is 23.0. The molecule has 1 aliphatic rings. The molecule has 1 N–H and O–H groups in total. The van der Waals surface area contributed by atoms with E-state index in [4.69, 9.17) is 4.74 Å². The SMILES string of the molecule is COCN1CCN=C1C(O)(c1ccc(N(C)S(=O)(=O)c2ccccc2)cc1)C(F)(F)F. The summed E-state index contributed by atoms with van der Waals surface area (Å²) in [5, 5.41) is 10.8. The van der Waals surface area contributed by atoms with Gasteiger partial charge in [0.2, 0.25) is 5.60 Å². The minimum absolute atomic E-state index is 0.0453. The van der Waals surface area contributed by atoms with Gasteiger partial charge >= 0.3 is 6.18 Å². The van der Waals surface area contributed by atoms with Gasteiger partial charge in [-0.1, -0.05) is 30.3 Å². The molecular weight excluding hydrogens is 435 g/mol. The van der Waals surface area contributed by atoms with Crippen molar-refractivity contribution in [2.24, 2.45) is 4.99 Å². The molecule has 0 saturated heterocycles. The molecule has 3 rings (SSSR count). The van der Waals surface area contributed by atoms with Crippen LogP contribution < -0.4 is 4.31 Å². The number of nitrogens with zero attached hydrogens (tertiary/aromatic N) is 3. The van der Waals surface area contributed by atoms with Crippen LogP contribution >= 0.6 is 0 Å². The first-order valence-electron chi connectivity index (χ1n) is 9.26. The first-order valence-corrected chi connectivity index (χ1v) is 10.7. The molecule has 7 nitrogen and oxygen atoms in total. The number of alkyl halides is 3. The van der Waals surface area contributed by atoms with Gasteiger partial charge in [0.25, 0.3) is 10.0 Å². The highest BCUT2D eigenvalue weighted by Gasteiger charge is 2.60. The molecule has 11 heteroatoms. The van der Waals surface area contributed by atoms with Crippen LogP contribution in [0.25, 0.3) is 0 Å². The van der Waals surface area contributed by atoms with Gasteiger partial charge in [-0.05, 0) is 24.3 Å². The van der Waals surface area contributed by atoms with E-state index in [9.17, 15) is 26.7 Å². The number of sulfonamides is 1. The number of aliphatic imine (C=N–C) groups is 1. The van der Waals surface area contributed by atoms with Gasteiger partial charge in [0.15, 0.2) is 0 Å². The Bertz CT molecular complexity index is 1040. The molecule has 1 unspecified atom stereocenters. The number of methoxy groups -OCH3 is 1. The summed E-state index contributed by atoms with van der Waals surface area (Å²) in [6.45, 7) is 0.109. The molecule has 0 bridgehead atoms. The van der Waals surface area contributed by atoms with Gasteiger partial charge in [0.1, 0.15) is 12.6 Å². The maximum absolute atomic E-state index is 14.0. The second-order valence-electron chi connectivity index (χ2n) is 6.93. The van der Waals surface area contributed by atoms with Crippen molar-refractivity contribution in [1.29, 1.82) is 0 Å². The van der Waals surface area contributed by atoms with Gasteiger partial charge in [-0.2, -0.15) is 13.2 Å². The largest absolute Gasteiger partial charge is 0.428 e. The molecule has 1 aliphatic heterocycles. The lowest BCUT2D eigenvalue weighted by atomic mass is 9.91. The lowest BCUT2D eigenvalue weighted by molar-refractivity contribution is -0.238. The van der Waals surface area contributed by atoms with Crippen LogP contribution in [0.2, 0.25) is 0 Å². The summed E-state index contributed by atoms with van der Waals surface area (Å²) in [6.07, 6.45) is -5.06. The van der Waals surface area contributed by atoms with E-state index in [1.54, 1.807) is 18.2 Å². The Kier molecular flexibility index (Phi) is 6.30. The van der Waals surface area contributed by atoms with Crippen LogP contribution in [0.3, 0.4) is 0 Å². The molecule has 31 heavy (non-hydrogen) atoms. The van der Waals surface area contributed by atoms with E-state index in [1.165, 1.54) is 43.3 Å². The fraction of sp³-hybridized carbons (Fsp3) is 0.350. The third-order valence-corrected chi connectivity index (χ3v) is 6.80. The zero-order valence-corrected chi connectivity index (χ0v) is 17.7. The van der Waals surface area contributed by atoms with Crippen LogP contribution in [0.15, 0.2) is 64.5 Å². The summed E-state index contributed by atoms with van der Waals surface area (Å²) in [5.74, 6) is -0.556. The Balaban J connectivity index is 1.98. The Morgan fingerprint density at radius 3 is 2.29 bits per heavy atom. The van der Waals surface area contributed by atoms with Crippen molar-refractivity contribution in [2.75, 3.05) is 38.3 Å². The van der Waals surface area contributed by atoms with Gasteiger partial charge in [-0.3, -0.25) is 9.30 Å². The maximum atomic E-state index is 14.0. The number of rotatable bonds is 7. The van der Waals surface area contributed by atoms with Crippen molar-refractivity contribution in [3.8, 4) is 0 Å². The second kappa shape index (κ2) is 8.48. The fourth-order valence-corrected chi connectivity index (χ4v) is 4.55. The number of hydrogen-bond acceptors (Lipinski definition) is 6. The predicted octanol–water partition coefficient (Wildman–Crippen LogP) is 2.58. The summed E-state index contributed by atoms with van der Waals surface area (Å²) in [4.78, 5) is 5.13. The Hall–Kier alpha value is -2.63. The van der Waals surface area contributed by atoms with Crippen molar-refractivity contribution in [1.82, 2.24) is 4.90 Å². The summed E-state index contributed by atoms with van der Waals surface area (Å²) in [5.41, 5.74) is -3.70. The van der Waals surface area contributed by atoms with Crippen molar-refractivity contribution in [3.63, 3.8) is 0 Å². The van der Waals surface area contributed by atoms with Crippen LogP contribution in [0, 0.1) is 0 Å². The highest BCUT2D eigenvalue weighted by atomic mass is 32.2. The Morgan fingerprint density at radius 2 is 1.74 bits per heavy atom. The molecule has 0 amide bonds. The lowest BCUT2D eigenvalue weighted by Gasteiger charge is -2.35. The summed E-state index contributed by atoms with van der Waals surface area (Å²) < 4.78 is 73.5. The number of aliphatic hydroxyl groups is 1. The van der Waals surface area contributed by atoms with E-state index >= 15 is 0 Å². The monoisotopic (exact) mass is 457 g/mol. The third kappa shape index (κ3) is 4.12. The van der Waals surface area contributed by atoms with Crippen molar-refractivity contribution < 1.29 is 31.4 Å². The van der Waals surface area contributed by atoms with Crippen molar-refractivity contribution in [2.45, 2.75) is 16.7 Å². The predicted molar refractivity (Wildman–Crippen MR) is 109 cm³/mol. The quantitative estimate of drug-likeness (QED) is 0.691. The molecule has 1 atom stereocenters. The molecular formula is C20H22F3N3O4S.